The number of pyridine rings is 1. The minimum absolute atomic E-state index is 0.345. The first-order valence-electron chi connectivity index (χ1n) is 8.91. The van der Waals surface area contributed by atoms with Crippen molar-refractivity contribution in [2.75, 3.05) is 5.32 Å². The molecule has 1 amide bonds. The Morgan fingerprint density at radius 1 is 1.14 bits per heavy atom. The lowest BCUT2D eigenvalue weighted by Gasteiger charge is -2.09. The van der Waals surface area contributed by atoms with Crippen molar-refractivity contribution < 1.29 is 9.18 Å². The Bertz CT molecular complexity index is 1290. The minimum Gasteiger partial charge on any atom is -0.321 e. The van der Waals surface area contributed by atoms with E-state index in [9.17, 15) is 14.4 Å². The van der Waals surface area contributed by atoms with Gasteiger partial charge in [-0.05, 0) is 56.3 Å². The summed E-state index contributed by atoms with van der Waals surface area (Å²) in [6.45, 7) is 3.58. The standard InChI is InChI=1S/C22H16FN5O/c1-13-11-18(22(29)26-19-6-4-3-5-15(19)12-24)20-14(2)27-28(21(20)25-13)17-9-7-16(23)8-10-17/h3-11H,1-2H3,(H,26,29). The zero-order valence-corrected chi connectivity index (χ0v) is 15.8. The number of nitriles is 1. The number of fused-ring (bicyclic) bond motifs is 1. The minimum atomic E-state index is -0.357. The van der Waals surface area contributed by atoms with Crippen molar-refractivity contribution in [1.29, 1.82) is 5.26 Å². The zero-order chi connectivity index (χ0) is 20.5. The average Bonchev–Trinajstić information content (AvgIpc) is 3.04. The summed E-state index contributed by atoms with van der Waals surface area (Å²) in [7, 11) is 0. The molecule has 0 unspecified atom stereocenters. The van der Waals surface area contributed by atoms with Crippen molar-refractivity contribution in [3.63, 3.8) is 0 Å². The topological polar surface area (TPSA) is 83.6 Å². The molecule has 4 aromatic rings. The summed E-state index contributed by atoms with van der Waals surface area (Å²) < 4.78 is 14.9. The molecule has 0 fully saturated rings. The highest BCUT2D eigenvalue weighted by atomic mass is 19.1. The predicted octanol–water partition coefficient (Wildman–Crippen LogP) is 4.30. The number of nitrogens with zero attached hydrogens (tertiary/aromatic N) is 4. The highest BCUT2D eigenvalue weighted by Gasteiger charge is 2.20. The predicted molar refractivity (Wildman–Crippen MR) is 107 cm³/mol. The fraction of sp³-hybridized carbons (Fsp3) is 0.0909. The molecule has 0 bridgehead atoms. The lowest BCUT2D eigenvalue weighted by atomic mass is 10.1. The third-order valence-corrected chi connectivity index (χ3v) is 4.55. The highest BCUT2D eigenvalue weighted by Crippen LogP contribution is 2.26. The van der Waals surface area contributed by atoms with Gasteiger partial charge in [0.05, 0.1) is 33.6 Å². The fourth-order valence-electron chi connectivity index (χ4n) is 3.23. The van der Waals surface area contributed by atoms with Gasteiger partial charge in [-0.3, -0.25) is 4.79 Å². The monoisotopic (exact) mass is 385 g/mol. The summed E-state index contributed by atoms with van der Waals surface area (Å²) in [4.78, 5) is 17.6. The maximum Gasteiger partial charge on any atom is 0.256 e. The molecule has 0 atom stereocenters. The maximum atomic E-state index is 13.3. The Morgan fingerprint density at radius 2 is 1.86 bits per heavy atom. The lowest BCUT2D eigenvalue weighted by molar-refractivity contribution is 0.102. The van der Waals surface area contributed by atoms with Crippen LogP contribution in [0.3, 0.4) is 0 Å². The van der Waals surface area contributed by atoms with E-state index in [0.717, 1.165) is 0 Å². The van der Waals surface area contributed by atoms with E-state index in [1.807, 2.05) is 0 Å². The number of benzene rings is 2. The van der Waals surface area contributed by atoms with Crippen LogP contribution in [0.5, 0.6) is 0 Å². The van der Waals surface area contributed by atoms with Crippen molar-refractivity contribution >= 4 is 22.6 Å². The second kappa shape index (κ2) is 7.17. The molecule has 0 aliphatic rings. The quantitative estimate of drug-likeness (QED) is 0.570. The molecule has 0 aliphatic heterocycles. The van der Waals surface area contributed by atoms with Crippen LogP contribution in [0.15, 0.2) is 54.6 Å². The van der Waals surface area contributed by atoms with Crippen molar-refractivity contribution in [2.45, 2.75) is 13.8 Å². The van der Waals surface area contributed by atoms with Crippen LogP contribution in [-0.2, 0) is 0 Å². The molecule has 0 radical (unpaired) electrons. The summed E-state index contributed by atoms with van der Waals surface area (Å²) in [5.74, 6) is -0.702. The van der Waals surface area contributed by atoms with E-state index in [2.05, 4.69) is 21.5 Å². The number of aryl methyl sites for hydroxylation is 2. The van der Waals surface area contributed by atoms with Crippen molar-refractivity contribution in [3.05, 3.63) is 82.9 Å². The van der Waals surface area contributed by atoms with Gasteiger partial charge in [0.25, 0.3) is 5.91 Å². The normalized spacial score (nSPS) is 10.7. The molecular weight excluding hydrogens is 369 g/mol. The average molecular weight is 385 g/mol. The van der Waals surface area contributed by atoms with Gasteiger partial charge in [-0.1, -0.05) is 12.1 Å². The molecular formula is C22H16FN5O. The number of anilines is 1. The molecule has 0 saturated heterocycles. The van der Waals surface area contributed by atoms with Crippen molar-refractivity contribution in [2.24, 2.45) is 0 Å². The SMILES string of the molecule is Cc1cc(C(=O)Nc2ccccc2C#N)c2c(C)nn(-c3ccc(F)cc3)c2n1. The first-order valence-corrected chi connectivity index (χ1v) is 8.91. The summed E-state index contributed by atoms with van der Waals surface area (Å²) in [5.41, 5.74) is 3.63. The molecule has 7 heteroatoms. The van der Waals surface area contributed by atoms with Gasteiger partial charge in [-0.25, -0.2) is 14.1 Å². The van der Waals surface area contributed by atoms with E-state index in [4.69, 9.17) is 0 Å². The second-order valence-electron chi connectivity index (χ2n) is 6.59. The molecule has 6 nitrogen and oxygen atoms in total. The van der Waals surface area contributed by atoms with Crippen LogP contribution < -0.4 is 5.32 Å². The summed E-state index contributed by atoms with van der Waals surface area (Å²) >= 11 is 0. The van der Waals surface area contributed by atoms with Gasteiger partial charge in [0.1, 0.15) is 11.9 Å². The van der Waals surface area contributed by atoms with Gasteiger partial charge in [-0.15, -0.1) is 0 Å². The van der Waals surface area contributed by atoms with Crippen LogP contribution in [0.4, 0.5) is 10.1 Å². The Balaban J connectivity index is 1.84. The molecule has 0 aliphatic carbocycles. The van der Waals surface area contributed by atoms with Gasteiger partial charge >= 0.3 is 0 Å². The van der Waals surface area contributed by atoms with E-state index >= 15 is 0 Å². The van der Waals surface area contributed by atoms with Gasteiger partial charge < -0.3 is 5.32 Å². The number of rotatable bonds is 3. The molecule has 0 spiro atoms. The van der Waals surface area contributed by atoms with Crippen molar-refractivity contribution in [3.8, 4) is 11.8 Å². The number of aromatic nitrogens is 3. The van der Waals surface area contributed by atoms with Crippen LogP contribution >= 0.6 is 0 Å². The number of carbonyl (C=O) groups is 1. The number of para-hydroxylation sites is 1. The highest BCUT2D eigenvalue weighted by molar-refractivity contribution is 6.13. The van der Waals surface area contributed by atoms with Gasteiger partial charge in [0.2, 0.25) is 0 Å². The molecule has 1 N–H and O–H groups in total. The van der Waals surface area contributed by atoms with E-state index in [0.29, 0.717) is 44.9 Å². The van der Waals surface area contributed by atoms with Crippen LogP contribution in [0, 0.1) is 31.0 Å². The van der Waals surface area contributed by atoms with Crippen LogP contribution in [-0.4, -0.2) is 20.7 Å². The second-order valence-corrected chi connectivity index (χ2v) is 6.59. The van der Waals surface area contributed by atoms with E-state index < -0.39 is 0 Å². The summed E-state index contributed by atoms with van der Waals surface area (Å²) in [5, 5.41) is 17.2. The Labute approximate surface area is 166 Å². The molecule has 142 valence electrons. The largest absolute Gasteiger partial charge is 0.321 e. The Hall–Kier alpha value is -4.05. The van der Waals surface area contributed by atoms with Crippen LogP contribution in [0.25, 0.3) is 16.7 Å². The first kappa shape index (κ1) is 18.3. The van der Waals surface area contributed by atoms with E-state index in [-0.39, 0.29) is 11.7 Å². The molecule has 0 saturated carbocycles. The third kappa shape index (κ3) is 3.32. The van der Waals surface area contributed by atoms with Gasteiger partial charge in [0.15, 0.2) is 5.65 Å². The molecule has 4 rings (SSSR count). The van der Waals surface area contributed by atoms with E-state index in [1.54, 1.807) is 61.0 Å². The maximum absolute atomic E-state index is 13.3. The van der Waals surface area contributed by atoms with Crippen LogP contribution in [0.2, 0.25) is 0 Å². The molecule has 29 heavy (non-hydrogen) atoms. The number of hydrogen-bond acceptors (Lipinski definition) is 4. The number of halogens is 1. The number of amides is 1. The Kier molecular flexibility index (Phi) is 4.53. The van der Waals surface area contributed by atoms with E-state index in [1.165, 1.54) is 12.1 Å². The summed E-state index contributed by atoms with van der Waals surface area (Å²) in [6, 6.07) is 16.5. The smallest absolute Gasteiger partial charge is 0.256 e. The molecule has 2 heterocycles. The molecule has 2 aromatic heterocycles. The summed E-state index contributed by atoms with van der Waals surface area (Å²) in [6.07, 6.45) is 0. The van der Waals surface area contributed by atoms with Crippen LogP contribution in [0.1, 0.15) is 27.3 Å². The fourth-order valence-corrected chi connectivity index (χ4v) is 3.23. The zero-order valence-electron chi connectivity index (χ0n) is 15.8. The molecule has 2 aromatic carbocycles. The number of nitrogens with one attached hydrogen (secondary N) is 1. The Morgan fingerprint density at radius 3 is 2.59 bits per heavy atom. The van der Waals surface area contributed by atoms with Gasteiger partial charge in [0, 0.05) is 5.69 Å². The lowest BCUT2D eigenvalue weighted by Crippen LogP contribution is -2.14. The third-order valence-electron chi connectivity index (χ3n) is 4.55. The first-order chi connectivity index (χ1) is 14.0. The number of hydrogen-bond donors (Lipinski definition) is 1. The van der Waals surface area contributed by atoms with Crippen molar-refractivity contribution in [1.82, 2.24) is 14.8 Å². The number of carbonyl (C=O) groups excluding carboxylic acids is 1. The van der Waals surface area contributed by atoms with Gasteiger partial charge in [-0.2, -0.15) is 10.4 Å².